The molecule has 1 aromatic carbocycles. The Morgan fingerprint density at radius 3 is 2.70 bits per heavy atom. The van der Waals surface area contributed by atoms with Crippen LogP contribution in [0.3, 0.4) is 0 Å². The highest BCUT2D eigenvalue weighted by molar-refractivity contribution is 7.18. The average molecular weight is 403 g/mol. The number of aromatic nitrogens is 1. The minimum absolute atomic E-state index is 0.131. The first-order valence-electron chi connectivity index (χ1n) is 7.19. The van der Waals surface area contributed by atoms with Crippen LogP contribution >= 0.6 is 9.24 Å². The van der Waals surface area contributed by atoms with Crippen LogP contribution < -0.4 is 10.1 Å². The van der Waals surface area contributed by atoms with E-state index in [-0.39, 0.29) is 22.8 Å². The molecule has 0 bridgehead atoms. The van der Waals surface area contributed by atoms with Gasteiger partial charge in [-0.2, -0.15) is 4.39 Å². The van der Waals surface area contributed by atoms with Gasteiger partial charge in [0, 0.05) is 24.0 Å². The van der Waals surface area contributed by atoms with E-state index in [4.69, 9.17) is 0 Å². The summed E-state index contributed by atoms with van der Waals surface area (Å²) in [5.41, 5.74) is -3.79. The lowest BCUT2D eigenvalue weighted by Crippen LogP contribution is -2.31. The third kappa shape index (κ3) is 5.04. The van der Waals surface area contributed by atoms with Crippen LogP contribution in [0.15, 0.2) is 36.5 Å². The molecule has 0 saturated heterocycles. The van der Waals surface area contributed by atoms with Gasteiger partial charge in [-0.25, -0.2) is 18.6 Å². The summed E-state index contributed by atoms with van der Waals surface area (Å²) >= 11 is 0. The molecule has 0 spiro atoms. The molecule has 1 N–H and O–H groups in total. The van der Waals surface area contributed by atoms with E-state index in [1.54, 1.807) is 0 Å². The lowest BCUT2D eigenvalue weighted by Gasteiger charge is -2.21. The van der Waals surface area contributed by atoms with E-state index in [2.05, 4.69) is 19.8 Å². The molecule has 0 aliphatic carbocycles. The van der Waals surface area contributed by atoms with Gasteiger partial charge in [0.25, 0.3) is 0 Å². The molecule has 1 heterocycles. The Balaban J connectivity index is 2.30. The quantitative estimate of drug-likeness (QED) is 0.326. The fourth-order valence-electron chi connectivity index (χ4n) is 1.92. The van der Waals surface area contributed by atoms with Crippen LogP contribution in [0.5, 0.6) is 5.75 Å². The van der Waals surface area contributed by atoms with Crippen molar-refractivity contribution >= 4 is 32.4 Å². The number of carbonyl (C=O) groups excluding carboxylic acids is 1. The molecule has 27 heavy (non-hydrogen) atoms. The van der Waals surface area contributed by atoms with Crippen molar-refractivity contribution in [2.24, 2.45) is 0 Å². The summed E-state index contributed by atoms with van der Waals surface area (Å²) in [7, 11) is 2.38. The van der Waals surface area contributed by atoms with Crippen LogP contribution in [-0.4, -0.2) is 35.0 Å². The molecule has 2 unspecified atom stereocenters. The zero-order chi connectivity index (χ0) is 20.2. The van der Waals surface area contributed by atoms with Crippen LogP contribution in [0.1, 0.15) is 10.4 Å². The summed E-state index contributed by atoms with van der Waals surface area (Å²) in [6.45, 7) is 0. The number of nitrogens with zero attached hydrogens (tertiary/aromatic N) is 2. The minimum Gasteiger partial charge on any atom is -0.465 e. The van der Waals surface area contributed by atoms with Gasteiger partial charge >= 0.3 is 23.7 Å². The third-order valence-electron chi connectivity index (χ3n) is 3.15. The van der Waals surface area contributed by atoms with Crippen molar-refractivity contribution in [3.63, 3.8) is 0 Å². The van der Waals surface area contributed by atoms with E-state index >= 15 is 0 Å². The van der Waals surface area contributed by atoms with E-state index < -0.39 is 28.6 Å². The van der Waals surface area contributed by atoms with Crippen molar-refractivity contribution < 1.29 is 32.4 Å². The van der Waals surface area contributed by atoms with Crippen molar-refractivity contribution in [1.82, 2.24) is 4.98 Å². The van der Waals surface area contributed by atoms with Gasteiger partial charge in [0.1, 0.15) is 5.75 Å². The number of nitrogens with one attached hydrogen (secondary N) is 1. The number of hydrogen-bond acceptors (Lipinski definition) is 7. The molecule has 0 fully saturated rings. The fourth-order valence-corrected chi connectivity index (χ4v) is 2.05. The van der Waals surface area contributed by atoms with Gasteiger partial charge in [0.05, 0.1) is 17.6 Å². The number of methoxy groups -OCH3 is 1. The van der Waals surface area contributed by atoms with Crippen LogP contribution in [0.4, 0.5) is 30.4 Å². The lowest BCUT2D eigenvalue weighted by atomic mass is 10.2. The number of benzene rings is 1. The summed E-state index contributed by atoms with van der Waals surface area (Å²) in [5, 5.41) is 13.8. The Kier molecular flexibility index (Phi) is 6.17. The summed E-state index contributed by atoms with van der Waals surface area (Å²) in [6, 6.07) is 6.14. The predicted octanol–water partition coefficient (Wildman–Crippen LogP) is 3.66. The summed E-state index contributed by atoms with van der Waals surface area (Å²) in [6.07, 6.45) is -2.35. The van der Waals surface area contributed by atoms with Crippen molar-refractivity contribution in [1.29, 1.82) is 0 Å². The molecule has 0 saturated carbocycles. The maximum Gasteiger partial charge on any atom is 0.339 e. The molecule has 2 rings (SSSR count). The van der Waals surface area contributed by atoms with Crippen molar-refractivity contribution in [3.8, 4) is 5.75 Å². The first kappa shape index (κ1) is 20.4. The standard InChI is InChI=1S/C15H13F3N3O5P/c1-25-13(22)8-5-11(21(23)24)12(19-7-8)20-9-3-2-4-10(6-9)26-15(18,27)14(16)17/h2-7,14H,27H2,1H3,(H,19,20). The van der Waals surface area contributed by atoms with Crippen LogP contribution in [0.25, 0.3) is 0 Å². The Morgan fingerprint density at radius 2 is 2.11 bits per heavy atom. The smallest absolute Gasteiger partial charge is 0.339 e. The number of halogens is 3. The molecule has 12 heteroatoms. The molecule has 0 amide bonds. The number of anilines is 2. The second kappa shape index (κ2) is 8.17. The Labute approximate surface area is 153 Å². The minimum atomic E-state index is -3.41. The van der Waals surface area contributed by atoms with Crippen molar-refractivity contribution in [2.45, 2.75) is 12.0 Å². The van der Waals surface area contributed by atoms with E-state index in [0.29, 0.717) is 0 Å². The second-order valence-electron chi connectivity index (χ2n) is 5.09. The number of ether oxygens (including phenoxy) is 2. The van der Waals surface area contributed by atoms with Gasteiger partial charge < -0.3 is 14.8 Å². The van der Waals surface area contributed by atoms with E-state index in [1.165, 1.54) is 27.4 Å². The number of hydrogen-bond donors (Lipinski definition) is 1. The highest BCUT2D eigenvalue weighted by Gasteiger charge is 2.37. The molecular weight excluding hydrogens is 390 g/mol. The number of rotatable bonds is 7. The van der Waals surface area contributed by atoms with Crippen LogP contribution in [0.2, 0.25) is 0 Å². The highest BCUT2D eigenvalue weighted by Crippen LogP contribution is 2.34. The number of esters is 1. The van der Waals surface area contributed by atoms with Gasteiger partial charge in [-0.05, 0) is 21.4 Å². The van der Waals surface area contributed by atoms with Crippen LogP contribution in [-0.2, 0) is 4.74 Å². The molecule has 2 aromatic rings. The van der Waals surface area contributed by atoms with Gasteiger partial charge in [0.2, 0.25) is 5.82 Å². The molecule has 2 atom stereocenters. The zero-order valence-corrected chi connectivity index (χ0v) is 14.8. The van der Waals surface area contributed by atoms with Crippen molar-refractivity contribution in [3.05, 3.63) is 52.2 Å². The normalized spacial score (nSPS) is 13.0. The molecule has 0 radical (unpaired) electrons. The molecule has 144 valence electrons. The Bertz CT molecular complexity index is 866. The first-order chi connectivity index (χ1) is 12.6. The zero-order valence-electron chi connectivity index (χ0n) is 13.7. The third-order valence-corrected chi connectivity index (χ3v) is 3.52. The number of pyridine rings is 1. The number of nitro groups is 1. The largest absolute Gasteiger partial charge is 0.465 e. The van der Waals surface area contributed by atoms with Gasteiger partial charge in [-0.1, -0.05) is 6.07 Å². The molecule has 1 aromatic heterocycles. The first-order valence-corrected chi connectivity index (χ1v) is 7.76. The van der Waals surface area contributed by atoms with E-state index in [0.717, 1.165) is 25.4 Å². The SMILES string of the molecule is COC(=O)c1cnc(Nc2cccc(OC(F)(P)C(F)F)c2)c([N+](=O)[O-])c1. The molecule has 0 aliphatic heterocycles. The fraction of sp³-hybridized carbons (Fsp3) is 0.200. The van der Waals surface area contributed by atoms with Gasteiger partial charge in [-0.3, -0.25) is 10.1 Å². The van der Waals surface area contributed by atoms with Crippen LogP contribution in [0, 0.1) is 10.1 Å². The second-order valence-corrected chi connectivity index (χ2v) is 5.88. The lowest BCUT2D eigenvalue weighted by molar-refractivity contribution is -0.384. The van der Waals surface area contributed by atoms with E-state index in [1.807, 2.05) is 0 Å². The summed E-state index contributed by atoms with van der Waals surface area (Å²) in [4.78, 5) is 25.7. The number of carbonyl (C=O) groups is 1. The molecule has 0 aliphatic rings. The van der Waals surface area contributed by atoms with Crippen molar-refractivity contribution in [2.75, 3.05) is 12.4 Å². The average Bonchev–Trinajstić information content (AvgIpc) is 2.61. The topological polar surface area (TPSA) is 104 Å². The monoisotopic (exact) mass is 403 g/mol. The maximum atomic E-state index is 13.6. The Morgan fingerprint density at radius 1 is 1.41 bits per heavy atom. The molecule has 8 nitrogen and oxygen atoms in total. The summed E-state index contributed by atoms with van der Waals surface area (Å²) in [5.74, 6) is -1.28. The maximum absolute atomic E-state index is 13.6. The predicted molar refractivity (Wildman–Crippen MR) is 92.1 cm³/mol. The summed E-state index contributed by atoms with van der Waals surface area (Å²) < 4.78 is 47.8. The highest BCUT2D eigenvalue weighted by atomic mass is 31.0. The van der Waals surface area contributed by atoms with Gasteiger partial charge in [-0.15, -0.1) is 0 Å². The number of alkyl halides is 3. The molecular formula is C15H13F3N3O5P. The van der Waals surface area contributed by atoms with E-state index in [9.17, 15) is 28.1 Å². The van der Waals surface area contributed by atoms with Gasteiger partial charge in [0.15, 0.2) is 0 Å². The Hall–Kier alpha value is -2.94.